The van der Waals surface area contributed by atoms with Crippen molar-refractivity contribution in [1.29, 1.82) is 0 Å². The van der Waals surface area contributed by atoms with E-state index in [2.05, 4.69) is 11.2 Å². The number of halogens is 1. The third-order valence-corrected chi connectivity index (χ3v) is 10.8. The van der Waals surface area contributed by atoms with E-state index in [1.54, 1.807) is 53.1 Å². The molecule has 2 aliphatic rings. The number of nitro benzene ring substituents is 2. The van der Waals surface area contributed by atoms with Gasteiger partial charge < -0.3 is 4.42 Å². The maximum Gasteiger partial charge on any atom is 0.348 e. The fraction of sp³-hybridized carbons (Fsp3) is 0.0769. The highest BCUT2D eigenvalue weighted by Crippen LogP contribution is 2.41. The lowest BCUT2D eigenvalue weighted by Crippen LogP contribution is -2.38. The Morgan fingerprint density at radius 1 is 0.870 bits per heavy atom. The number of hydrogen-bond donors (Lipinski definition) is 0. The predicted octanol–water partition coefficient (Wildman–Crippen LogP) is 6.75. The number of aromatic nitrogens is 3. The van der Waals surface area contributed by atoms with Gasteiger partial charge >= 0.3 is 17.0 Å². The zero-order valence-electron chi connectivity index (χ0n) is 27.7. The van der Waals surface area contributed by atoms with Crippen molar-refractivity contribution >= 4 is 57.1 Å². The minimum Gasteiger partial charge on any atom is -0.422 e. The van der Waals surface area contributed by atoms with Gasteiger partial charge in [-0.3, -0.25) is 29.6 Å². The Hall–Kier alpha value is -6.77. The van der Waals surface area contributed by atoms with Crippen LogP contribution < -0.4 is 20.5 Å². The van der Waals surface area contributed by atoms with E-state index in [4.69, 9.17) is 21.0 Å². The van der Waals surface area contributed by atoms with E-state index in [1.807, 2.05) is 30.3 Å². The number of nitrogens with zero attached hydrogens (tertiary/aromatic N) is 6. The fourth-order valence-corrected chi connectivity index (χ4v) is 8.24. The second-order valence-electron chi connectivity index (χ2n) is 12.7. The molecular weight excluding hydrogens is 732 g/mol. The van der Waals surface area contributed by atoms with E-state index >= 15 is 0 Å². The van der Waals surface area contributed by atoms with Crippen molar-refractivity contribution in [3.63, 3.8) is 0 Å². The molecule has 0 N–H and O–H groups in total. The maximum absolute atomic E-state index is 14.6. The lowest BCUT2D eigenvalue weighted by Gasteiger charge is -2.30. The standard InChI is InChI=1S/C39H23ClN6O7S/c40-25-12-9-22(10-13-25)36-28-15-11-21-5-1-3-7-27(21)35(28)41-39-44(36)37(47)33(54-39)18-24-20-43(26-14-16-30(45(49)50)31(19-26)46(51)52)42-34(24)29-17-23-6-2-4-8-32(23)53-38(29)48/h1-10,12-14,16-20,36H,11,15H2. The highest BCUT2D eigenvalue weighted by Gasteiger charge is 2.33. The van der Waals surface area contributed by atoms with Gasteiger partial charge in [0.2, 0.25) is 0 Å². The van der Waals surface area contributed by atoms with Crippen LogP contribution in [-0.4, -0.2) is 24.2 Å². The van der Waals surface area contributed by atoms with Crippen LogP contribution in [0.1, 0.15) is 34.7 Å². The first kappa shape index (κ1) is 33.1. The quantitative estimate of drug-likeness (QED) is 0.102. The Kier molecular flexibility index (Phi) is 7.79. The predicted molar refractivity (Wildman–Crippen MR) is 203 cm³/mol. The molecular formula is C39H23ClN6O7S. The SMILES string of the molecule is O=c1oc2ccccc2cc1-c1nn(-c2ccc([N+](=O)[O-])c([N+](=O)[O-])c2)cc1C=c1sc2n(c1=O)C(c1ccc(Cl)cc1)C1=C(N=2)c2ccccc2CC1. The average Bonchev–Trinajstić information content (AvgIpc) is 3.73. The normalized spacial score (nSPS) is 15.1. The minimum atomic E-state index is -0.846. The number of thiazole rings is 1. The number of aryl methyl sites for hydroxylation is 1. The molecule has 0 fully saturated rings. The zero-order valence-corrected chi connectivity index (χ0v) is 29.3. The van der Waals surface area contributed by atoms with Crippen LogP contribution in [0.2, 0.25) is 5.02 Å². The van der Waals surface area contributed by atoms with Gasteiger partial charge in [-0.15, -0.1) is 0 Å². The van der Waals surface area contributed by atoms with E-state index in [9.17, 15) is 29.8 Å². The molecule has 0 saturated heterocycles. The van der Waals surface area contributed by atoms with Gasteiger partial charge in [0, 0.05) is 39.9 Å². The summed E-state index contributed by atoms with van der Waals surface area (Å²) in [6.45, 7) is 0. The maximum atomic E-state index is 14.6. The van der Waals surface area contributed by atoms with E-state index in [1.165, 1.54) is 33.8 Å². The summed E-state index contributed by atoms with van der Waals surface area (Å²) >= 11 is 7.46. The van der Waals surface area contributed by atoms with Crippen LogP contribution in [0, 0.1) is 20.2 Å². The largest absolute Gasteiger partial charge is 0.422 e. The molecule has 1 aliphatic heterocycles. The summed E-state index contributed by atoms with van der Waals surface area (Å²) in [5.41, 5.74) is 3.46. The number of rotatable bonds is 6. The first-order chi connectivity index (χ1) is 26.1. The van der Waals surface area contributed by atoms with Crippen molar-refractivity contribution < 1.29 is 14.3 Å². The molecule has 54 heavy (non-hydrogen) atoms. The third-order valence-electron chi connectivity index (χ3n) is 9.60. The average molecular weight is 755 g/mol. The molecule has 13 nitrogen and oxygen atoms in total. The van der Waals surface area contributed by atoms with Gasteiger partial charge in [-0.25, -0.2) is 14.5 Å². The molecule has 0 radical (unpaired) electrons. The molecule has 7 aromatic rings. The summed E-state index contributed by atoms with van der Waals surface area (Å²) in [7, 11) is 0. The molecule has 4 aromatic carbocycles. The lowest BCUT2D eigenvalue weighted by atomic mass is 9.83. The van der Waals surface area contributed by atoms with Crippen LogP contribution in [-0.2, 0) is 6.42 Å². The van der Waals surface area contributed by atoms with Gasteiger partial charge in [0.15, 0.2) is 4.80 Å². The van der Waals surface area contributed by atoms with E-state index < -0.39 is 32.9 Å². The van der Waals surface area contributed by atoms with Gasteiger partial charge in [-0.2, -0.15) is 5.10 Å². The number of allylic oxidation sites excluding steroid dienone is 1. The first-order valence-electron chi connectivity index (χ1n) is 16.6. The van der Waals surface area contributed by atoms with Gasteiger partial charge in [-0.05, 0) is 65.9 Å². The third kappa shape index (κ3) is 5.47. The van der Waals surface area contributed by atoms with Gasteiger partial charge in [0.25, 0.3) is 5.56 Å². The molecule has 264 valence electrons. The molecule has 3 aromatic heterocycles. The number of fused-ring (bicyclic) bond motifs is 4. The van der Waals surface area contributed by atoms with E-state index in [0.717, 1.165) is 41.0 Å². The second kappa shape index (κ2) is 12.7. The molecule has 1 atom stereocenters. The molecule has 0 spiro atoms. The molecule has 1 aliphatic carbocycles. The van der Waals surface area contributed by atoms with Crippen molar-refractivity contribution in [3.8, 4) is 16.9 Å². The Morgan fingerprint density at radius 3 is 2.43 bits per heavy atom. The van der Waals surface area contributed by atoms with Crippen molar-refractivity contribution in [2.75, 3.05) is 0 Å². The number of nitro groups is 2. The number of hydrogen-bond acceptors (Lipinski definition) is 10. The summed E-state index contributed by atoms with van der Waals surface area (Å²) in [5, 5.41) is 29.2. The molecule has 0 amide bonds. The fourth-order valence-electron chi connectivity index (χ4n) is 7.13. The van der Waals surface area contributed by atoms with Crippen LogP contribution in [0.5, 0.6) is 0 Å². The highest BCUT2D eigenvalue weighted by molar-refractivity contribution is 7.07. The van der Waals surface area contributed by atoms with Gasteiger partial charge in [0.05, 0.1) is 37.4 Å². The Labute approximate surface area is 312 Å². The summed E-state index contributed by atoms with van der Waals surface area (Å²) in [5.74, 6) is 0. The van der Waals surface area contributed by atoms with Crippen molar-refractivity contribution in [2.24, 2.45) is 4.99 Å². The topological polar surface area (TPSA) is 169 Å². The molecule has 4 heterocycles. The summed E-state index contributed by atoms with van der Waals surface area (Å²) in [4.78, 5) is 55.2. The Bertz CT molecular complexity index is 3030. The minimum absolute atomic E-state index is 0.0778. The molecule has 0 bridgehead atoms. The van der Waals surface area contributed by atoms with Crippen LogP contribution >= 0.6 is 22.9 Å². The van der Waals surface area contributed by atoms with E-state index in [-0.39, 0.29) is 22.5 Å². The van der Waals surface area contributed by atoms with Crippen molar-refractivity contribution in [3.05, 3.63) is 186 Å². The van der Waals surface area contributed by atoms with Crippen LogP contribution in [0.3, 0.4) is 0 Å². The zero-order chi connectivity index (χ0) is 37.2. The number of benzene rings is 4. The molecule has 0 saturated carbocycles. The lowest BCUT2D eigenvalue weighted by molar-refractivity contribution is -0.422. The monoisotopic (exact) mass is 754 g/mol. The Morgan fingerprint density at radius 2 is 1.63 bits per heavy atom. The van der Waals surface area contributed by atoms with Crippen molar-refractivity contribution in [2.45, 2.75) is 18.9 Å². The molecule has 1 unspecified atom stereocenters. The van der Waals surface area contributed by atoms with Crippen molar-refractivity contribution in [1.82, 2.24) is 14.3 Å². The highest BCUT2D eigenvalue weighted by atomic mass is 35.5. The summed E-state index contributed by atoms with van der Waals surface area (Å²) in [6, 6.07) is 27.0. The number of para-hydroxylation sites is 1. The van der Waals surface area contributed by atoms with Crippen LogP contribution in [0.25, 0.3) is 39.7 Å². The van der Waals surface area contributed by atoms with Gasteiger partial charge in [0.1, 0.15) is 11.3 Å². The van der Waals surface area contributed by atoms with Gasteiger partial charge in [-0.1, -0.05) is 77.5 Å². The summed E-state index contributed by atoms with van der Waals surface area (Å²) < 4.78 is 8.88. The summed E-state index contributed by atoms with van der Waals surface area (Å²) in [6.07, 6.45) is 4.59. The molecule has 15 heteroatoms. The second-order valence-corrected chi connectivity index (χ2v) is 14.2. The van der Waals surface area contributed by atoms with Crippen LogP contribution in [0.15, 0.2) is 128 Å². The first-order valence-corrected chi connectivity index (χ1v) is 17.8. The van der Waals surface area contributed by atoms with Crippen LogP contribution in [0.4, 0.5) is 11.4 Å². The Balaban J connectivity index is 1.28. The smallest absolute Gasteiger partial charge is 0.348 e. The molecule has 9 rings (SSSR count). The van der Waals surface area contributed by atoms with E-state index in [0.29, 0.717) is 37.3 Å².